The number of thiazole rings is 1. The van der Waals surface area contributed by atoms with E-state index in [1.807, 2.05) is 32.1 Å². The van der Waals surface area contributed by atoms with E-state index in [0.717, 1.165) is 33.8 Å². The summed E-state index contributed by atoms with van der Waals surface area (Å²) in [6, 6.07) is 10.7. The number of carboxylic acids is 1. The Kier molecular flexibility index (Phi) is 8.26. The van der Waals surface area contributed by atoms with Crippen molar-refractivity contribution in [2.24, 2.45) is 0 Å². The number of aliphatic carboxylic acids is 1. The maximum absolute atomic E-state index is 12.9. The van der Waals surface area contributed by atoms with Gasteiger partial charge in [-0.25, -0.2) is 9.78 Å². The topological polar surface area (TPSA) is 62.7 Å². The first-order chi connectivity index (χ1) is 16.8. The summed E-state index contributed by atoms with van der Waals surface area (Å²) in [6.07, 6.45) is -2.56. The summed E-state index contributed by atoms with van der Waals surface area (Å²) < 4.78 is 44.3. The molecule has 0 aliphatic carbocycles. The summed E-state index contributed by atoms with van der Waals surface area (Å²) >= 11 is 1.46. The molecule has 0 fully saturated rings. The van der Waals surface area contributed by atoms with E-state index >= 15 is 0 Å². The third-order valence-electron chi connectivity index (χ3n) is 5.63. The molecule has 0 aliphatic heterocycles. The summed E-state index contributed by atoms with van der Waals surface area (Å²) in [7, 11) is 0. The Balaban J connectivity index is 1.75. The molecule has 0 bridgehead atoms. The molecular weight excluding hydrogens is 489 g/mol. The zero-order chi connectivity index (χ0) is 26.7. The van der Waals surface area contributed by atoms with Gasteiger partial charge in [-0.05, 0) is 57.0 Å². The fraction of sp³-hybridized carbons (Fsp3) is 0.333. The molecule has 0 saturated carbocycles. The smallest absolute Gasteiger partial charge is 0.416 e. The second kappa shape index (κ2) is 10.8. The predicted molar refractivity (Wildman–Crippen MR) is 135 cm³/mol. The number of ether oxygens (including phenoxy) is 1. The Bertz CT molecular complexity index is 1230. The van der Waals surface area contributed by atoms with E-state index in [1.165, 1.54) is 37.3 Å². The first kappa shape index (κ1) is 27.4. The van der Waals surface area contributed by atoms with Crippen molar-refractivity contribution < 1.29 is 27.8 Å². The maximum Gasteiger partial charge on any atom is 0.416 e. The van der Waals surface area contributed by atoms with E-state index in [0.29, 0.717) is 36.0 Å². The van der Waals surface area contributed by atoms with Gasteiger partial charge in [-0.3, -0.25) is 4.90 Å². The maximum atomic E-state index is 12.9. The Morgan fingerprint density at radius 2 is 1.81 bits per heavy atom. The number of hydrogen-bond donors (Lipinski definition) is 1. The largest absolute Gasteiger partial charge is 0.478 e. The van der Waals surface area contributed by atoms with E-state index in [-0.39, 0.29) is 0 Å². The lowest BCUT2D eigenvalue weighted by Gasteiger charge is -2.24. The van der Waals surface area contributed by atoms with Crippen LogP contribution in [0.1, 0.15) is 41.1 Å². The molecule has 0 aliphatic rings. The van der Waals surface area contributed by atoms with E-state index in [9.17, 15) is 23.1 Å². The van der Waals surface area contributed by atoms with Crippen LogP contribution in [0.3, 0.4) is 0 Å². The average Bonchev–Trinajstić information content (AvgIpc) is 3.15. The highest BCUT2D eigenvalue weighted by atomic mass is 32.1. The number of rotatable bonds is 10. The minimum absolute atomic E-state index is 0.515. The highest BCUT2D eigenvalue weighted by molar-refractivity contribution is 7.15. The second-order valence-corrected chi connectivity index (χ2v) is 10.2. The number of hydrogen-bond acceptors (Lipinski definition) is 5. The molecule has 0 saturated heterocycles. The van der Waals surface area contributed by atoms with Crippen molar-refractivity contribution in [3.63, 3.8) is 0 Å². The van der Waals surface area contributed by atoms with Gasteiger partial charge in [-0.1, -0.05) is 30.3 Å². The molecule has 0 atom stereocenters. The summed E-state index contributed by atoms with van der Waals surface area (Å²) in [4.78, 5) is 19.2. The second-order valence-electron chi connectivity index (χ2n) is 9.08. The Hall–Kier alpha value is -3.17. The molecule has 0 amide bonds. The van der Waals surface area contributed by atoms with Crippen molar-refractivity contribution in [1.29, 1.82) is 0 Å². The zero-order valence-corrected chi connectivity index (χ0v) is 21.5. The molecule has 1 aromatic heterocycles. The number of carbonyl (C=O) groups is 1. The number of alkyl halides is 3. The molecule has 1 heterocycles. The highest BCUT2D eigenvalue weighted by Gasteiger charge is 2.31. The molecule has 36 heavy (non-hydrogen) atoms. The zero-order valence-electron chi connectivity index (χ0n) is 20.6. The van der Waals surface area contributed by atoms with Crippen LogP contribution in [0, 0.1) is 13.8 Å². The van der Waals surface area contributed by atoms with Crippen molar-refractivity contribution in [1.82, 2.24) is 9.88 Å². The number of aromatic nitrogens is 1. The normalized spacial score (nSPS) is 12.1. The van der Waals surface area contributed by atoms with Gasteiger partial charge in [0.15, 0.2) is 5.60 Å². The van der Waals surface area contributed by atoms with E-state index in [1.54, 1.807) is 6.07 Å². The monoisotopic (exact) mass is 518 g/mol. The van der Waals surface area contributed by atoms with E-state index < -0.39 is 23.3 Å². The standard InChI is InChI=1S/C27H29F3N2O3S/c1-6-13-32(15-19-7-12-22(17(2)14-19)35-26(4,5)25(33)34)16-23-18(3)31-24(36-23)20-8-10-21(11-9-20)27(28,29)30/h6-12,14H,1,13,15-16H2,2-5H3,(H,33,34). The van der Waals surface area contributed by atoms with Crippen LogP contribution in [-0.4, -0.2) is 33.1 Å². The summed E-state index contributed by atoms with van der Waals surface area (Å²) in [5, 5.41) is 9.99. The summed E-state index contributed by atoms with van der Waals surface area (Å²) in [5.41, 5.74) is 1.32. The minimum Gasteiger partial charge on any atom is -0.478 e. The van der Waals surface area contributed by atoms with Gasteiger partial charge in [0.2, 0.25) is 0 Å². The highest BCUT2D eigenvalue weighted by Crippen LogP contribution is 2.33. The van der Waals surface area contributed by atoms with Crippen LogP contribution in [0.4, 0.5) is 13.2 Å². The molecule has 3 rings (SSSR count). The van der Waals surface area contributed by atoms with Crippen molar-refractivity contribution in [3.05, 3.63) is 82.4 Å². The van der Waals surface area contributed by atoms with Crippen molar-refractivity contribution in [2.45, 2.75) is 52.6 Å². The van der Waals surface area contributed by atoms with E-state index in [4.69, 9.17) is 4.74 Å². The molecule has 0 unspecified atom stereocenters. The van der Waals surface area contributed by atoms with Gasteiger partial charge in [0, 0.05) is 30.1 Å². The summed E-state index contributed by atoms with van der Waals surface area (Å²) in [6.45, 7) is 12.5. The number of halogens is 3. The third kappa shape index (κ3) is 6.73. The van der Waals surface area contributed by atoms with Gasteiger partial charge < -0.3 is 9.84 Å². The van der Waals surface area contributed by atoms with Gasteiger partial charge in [-0.2, -0.15) is 13.2 Å². The SMILES string of the molecule is C=CCN(Cc1ccc(OC(C)(C)C(=O)O)c(C)c1)Cc1sc(-c2ccc(C(F)(F)F)cc2)nc1C. The number of aryl methyl sites for hydroxylation is 2. The quantitative estimate of drug-likeness (QED) is 0.297. The van der Waals surface area contributed by atoms with E-state index in [2.05, 4.69) is 16.5 Å². The van der Waals surface area contributed by atoms with Gasteiger partial charge in [0.1, 0.15) is 10.8 Å². The van der Waals surface area contributed by atoms with Crippen molar-refractivity contribution in [2.75, 3.05) is 6.54 Å². The molecule has 3 aromatic rings. The fourth-order valence-corrected chi connectivity index (χ4v) is 4.68. The lowest BCUT2D eigenvalue weighted by Crippen LogP contribution is -2.38. The number of benzene rings is 2. The van der Waals surface area contributed by atoms with Crippen LogP contribution in [0.25, 0.3) is 10.6 Å². The lowest BCUT2D eigenvalue weighted by molar-refractivity contribution is -0.152. The van der Waals surface area contributed by atoms with Gasteiger partial charge >= 0.3 is 12.1 Å². The molecule has 0 spiro atoms. The fourth-order valence-electron chi connectivity index (χ4n) is 3.57. The number of carboxylic acid groups (broad SMARTS) is 1. The molecule has 192 valence electrons. The van der Waals surface area contributed by atoms with Crippen LogP contribution in [0.5, 0.6) is 5.75 Å². The molecule has 2 aromatic carbocycles. The van der Waals surface area contributed by atoms with Crippen molar-refractivity contribution >= 4 is 17.3 Å². The Morgan fingerprint density at radius 1 is 1.14 bits per heavy atom. The predicted octanol–water partition coefficient (Wildman–Crippen LogP) is 6.88. The van der Waals surface area contributed by atoms with Crippen molar-refractivity contribution in [3.8, 4) is 16.3 Å². The Morgan fingerprint density at radius 3 is 2.36 bits per heavy atom. The lowest BCUT2D eigenvalue weighted by atomic mass is 10.1. The molecule has 5 nitrogen and oxygen atoms in total. The van der Waals surface area contributed by atoms with Crippen LogP contribution in [0.2, 0.25) is 0 Å². The minimum atomic E-state index is -4.37. The Labute approximate surface area is 212 Å². The van der Waals surface area contributed by atoms with Crippen LogP contribution in [-0.2, 0) is 24.1 Å². The summed E-state index contributed by atoms with van der Waals surface area (Å²) in [5.74, 6) is -0.528. The number of nitrogens with zero attached hydrogens (tertiary/aromatic N) is 2. The molecule has 9 heteroatoms. The van der Waals surface area contributed by atoms with Crippen LogP contribution >= 0.6 is 11.3 Å². The van der Waals surface area contributed by atoms with Crippen LogP contribution in [0.15, 0.2) is 55.1 Å². The van der Waals surface area contributed by atoms with Gasteiger partial charge in [0.05, 0.1) is 11.3 Å². The molecular formula is C27H29F3N2O3S. The first-order valence-electron chi connectivity index (χ1n) is 11.3. The first-order valence-corrected chi connectivity index (χ1v) is 12.1. The van der Waals surface area contributed by atoms with Crippen LogP contribution < -0.4 is 4.74 Å². The molecule has 1 N–H and O–H groups in total. The third-order valence-corrected chi connectivity index (χ3v) is 6.82. The average molecular weight is 519 g/mol. The van der Waals surface area contributed by atoms with Gasteiger partial charge in [-0.15, -0.1) is 17.9 Å². The molecule has 0 radical (unpaired) electrons. The van der Waals surface area contributed by atoms with Gasteiger partial charge in [0.25, 0.3) is 0 Å².